The Balaban J connectivity index is 1.37. The molecule has 1 N–H and O–H groups in total. The fourth-order valence-corrected chi connectivity index (χ4v) is 8.34. The number of nitro benzene ring substituents is 1. The van der Waals surface area contributed by atoms with Crippen LogP contribution in [0, 0.1) is 38.7 Å². The first kappa shape index (κ1) is 24.2. The summed E-state index contributed by atoms with van der Waals surface area (Å²) >= 11 is 0. The van der Waals surface area contributed by atoms with E-state index in [1.165, 1.54) is 5.57 Å². The first-order valence-corrected chi connectivity index (χ1v) is 13.1. The predicted molar refractivity (Wildman–Crippen MR) is 134 cm³/mol. The number of nitrogens with zero attached hydrogens (tertiary/aromatic N) is 1. The molecule has 3 aliphatic carbocycles. The Labute approximate surface area is 207 Å². The minimum absolute atomic E-state index is 0.0572. The van der Waals surface area contributed by atoms with E-state index in [1.807, 2.05) is 12.1 Å². The maximum atomic E-state index is 12.0. The lowest BCUT2D eigenvalue weighted by Gasteiger charge is -2.63. The average Bonchev–Trinajstić information content (AvgIpc) is 3.15. The van der Waals surface area contributed by atoms with Crippen molar-refractivity contribution in [2.75, 3.05) is 6.61 Å². The van der Waals surface area contributed by atoms with E-state index >= 15 is 0 Å². The number of ether oxygens (including phenoxy) is 1. The lowest BCUT2D eigenvalue weighted by Crippen LogP contribution is -2.55. The molecule has 1 heterocycles. The molecule has 6 heteroatoms. The summed E-state index contributed by atoms with van der Waals surface area (Å²) in [6.45, 7) is 9.43. The Morgan fingerprint density at radius 2 is 2.00 bits per heavy atom. The maximum Gasteiger partial charge on any atom is 0.336 e. The summed E-state index contributed by atoms with van der Waals surface area (Å²) in [6, 6.07) is 7.24. The van der Waals surface area contributed by atoms with Crippen LogP contribution in [0.4, 0.5) is 5.69 Å². The highest BCUT2D eigenvalue weighted by molar-refractivity contribution is 5.91. The van der Waals surface area contributed by atoms with Gasteiger partial charge in [0.1, 0.15) is 12.7 Å². The number of hydrogen-bond donors (Lipinski definition) is 1. The molecule has 35 heavy (non-hydrogen) atoms. The van der Waals surface area contributed by atoms with E-state index in [0.29, 0.717) is 29.2 Å². The molecule has 188 valence electrons. The van der Waals surface area contributed by atoms with E-state index in [4.69, 9.17) is 4.74 Å². The Hall–Kier alpha value is -2.47. The smallest absolute Gasteiger partial charge is 0.336 e. The second-order valence-electron chi connectivity index (χ2n) is 11.9. The molecular weight excluding hydrogens is 442 g/mol. The quantitative estimate of drug-likeness (QED) is 0.185. The first-order valence-electron chi connectivity index (χ1n) is 13.1. The van der Waals surface area contributed by atoms with Gasteiger partial charge in [0.25, 0.3) is 5.69 Å². The number of carbonyl (C=O) groups excluding carboxylic acids is 1. The van der Waals surface area contributed by atoms with Gasteiger partial charge in [-0.1, -0.05) is 44.2 Å². The number of benzene rings is 1. The van der Waals surface area contributed by atoms with Crippen LogP contribution in [0.2, 0.25) is 0 Å². The van der Waals surface area contributed by atoms with Crippen molar-refractivity contribution in [2.45, 2.75) is 77.2 Å². The van der Waals surface area contributed by atoms with Gasteiger partial charge in [0.2, 0.25) is 0 Å². The zero-order valence-electron chi connectivity index (χ0n) is 20.9. The molecule has 3 saturated carbocycles. The lowest BCUT2D eigenvalue weighted by atomic mass is 9.41. The monoisotopic (exact) mass is 479 g/mol. The summed E-state index contributed by atoms with van der Waals surface area (Å²) < 4.78 is 5.01. The van der Waals surface area contributed by atoms with Crippen LogP contribution in [0.3, 0.4) is 0 Å². The summed E-state index contributed by atoms with van der Waals surface area (Å²) in [5.74, 6) is 1.47. The molecular formula is C29H37NO5. The molecule has 4 fully saturated rings. The maximum absolute atomic E-state index is 12.0. The summed E-state index contributed by atoms with van der Waals surface area (Å²) in [7, 11) is 0. The molecule has 1 aromatic rings. The Morgan fingerprint density at radius 1 is 1.23 bits per heavy atom. The van der Waals surface area contributed by atoms with Gasteiger partial charge in [-0.05, 0) is 91.4 Å². The van der Waals surface area contributed by atoms with Crippen LogP contribution in [-0.4, -0.2) is 28.7 Å². The van der Waals surface area contributed by atoms with Gasteiger partial charge in [-0.15, -0.1) is 0 Å². The summed E-state index contributed by atoms with van der Waals surface area (Å²) in [6.07, 6.45) is 9.56. The standard InChI is InChI=1S/C29H37NO5/c1-18-7-10-26-28(2)13-11-20(19-5-4-6-22(16-19)30(33)34)15-21(28)12-14-29(26,3)24(18)9-8-23-25(31)17-35-27(23)32/h4-6,8,16,20-21,24-26,31H,1,7,9-15,17H2,2-3H3/b23-8+. The highest BCUT2D eigenvalue weighted by atomic mass is 16.6. The number of allylic oxidation sites excluding steroid dienone is 2. The molecule has 1 saturated heterocycles. The number of aliphatic hydroxyl groups is 1. The van der Waals surface area contributed by atoms with Crippen molar-refractivity contribution in [1.82, 2.24) is 0 Å². The van der Waals surface area contributed by atoms with E-state index in [2.05, 4.69) is 26.5 Å². The third-order valence-corrected chi connectivity index (χ3v) is 10.3. The van der Waals surface area contributed by atoms with Crippen molar-refractivity contribution in [3.05, 3.63) is 63.7 Å². The summed E-state index contributed by atoms with van der Waals surface area (Å²) in [5.41, 5.74) is 3.32. The number of carbonyl (C=O) groups is 1. The van der Waals surface area contributed by atoms with Gasteiger partial charge >= 0.3 is 5.97 Å². The number of non-ortho nitro benzene ring substituents is 1. The normalized spacial score (nSPS) is 40.2. The molecule has 0 aromatic heterocycles. The molecule has 0 amide bonds. The Bertz CT molecular complexity index is 1080. The summed E-state index contributed by atoms with van der Waals surface area (Å²) in [4.78, 5) is 23.0. The molecule has 0 radical (unpaired) electrons. The van der Waals surface area contributed by atoms with Gasteiger partial charge in [-0.25, -0.2) is 4.79 Å². The van der Waals surface area contributed by atoms with Crippen LogP contribution in [-0.2, 0) is 9.53 Å². The number of cyclic esters (lactones) is 1. The molecule has 0 spiro atoms. The van der Waals surface area contributed by atoms with E-state index in [1.54, 1.807) is 12.1 Å². The molecule has 5 rings (SSSR count). The van der Waals surface area contributed by atoms with Crippen molar-refractivity contribution in [1.29, 1.82) is 0 Å². The fourth-order valence-electron chi connectivity index (χ4n) is 8.34. The minimum atomic E-state index is -0.819. The highest BCUT2D eigenvalue weighted by Crippen LogP contribution is 2.67. The van der Waals surface area contributed by atoms with E-state index in [0.717, 1.165) is 56.9 Å². The van der Waals surface area contributed by atoms with Crippen molar-refractivity contribution in [3.8, 4) is 0 Å². The molecule has 7 unspecified atom stereocenters. The summed E-state index contributed by atoms with van der Waals surface area (Å²) in [5, 5.41) is 21.4. The third kappa shape index (κ3) is 4.04. The number of fused-ring (bicyclic) bond motifs is 3. The molecule has 0 bridgehead atoms. The largest absolute Gasteiger partial charge is 0.459 e. The minimum Gasteiger partial charge on any atom is -0.459 e. The third-order valence-electron chi connectivity index (χ3n) is 10.3. The number of hydrogen-bond acceptors (Lipinski definition) is 5. The van der Waals surface area contributed by atoms with E-state index in [9.17, 15) is 20.0 Å². The molecule has 6 nitrogen and oxygen atoms in total. The number of aliphatic hydroxyl groups excluding tert-OH is 1. The topological polar surface area (TPSA) is 89.7 Å². The highest BCUT2D eigenvalue weighted by Gasteiger charge is 2.58. The van der Waals surface area contributed by atoms with Gasteiger partial charge in [0.05, 0.1) is 10.5 Å². The molecule has 4 aliphatic rings. The second-order valence-corrected chi connectivity index (χ2v) is 11.9. The zero-order valence-corrected chi connectivity index (χ0v) is 20.9. The van der Waals surface area contributed by atoms with E-state index in [-0.39, 0.29) is 28.0 Å². The van der Waals surface area contributed by atoms with Crippen molar-refractivity contribution < 1.29 is 19.6 Å². The predicted octanol–water partition coefficient (Wildman–Crippen LogP) is 6.10. The van der Waals surface area contributed by atoms with Crippen molar-refractivity contribution in [3.63, 3.8) is 0 Å². The number of rotatable bonds is 4. The van der Waals surface area contributed by atoms with Crippen LogP contribution in [0.15, 0.2) is 48.1 Å². The molecule has 1 aromatic carbocycles. The second kappa shape index (κ2) is 8.88. The van der Waals surface area contributed by atoms with Gasteiger partial charge < -0.3 is 9.84 Å². The fraction of sp³-hybridized carbons (Fsp3) is 0.621. The zero-order chi connectivity index (χ0) is 25.0. The van der Waals surface area contributed by atoms with Crippen molar-refractivity contribution in [2.24, 2.45) is 28.6 Å². The average molecular weight is 480 g/mol. The molecule has 1 aliphatic heterocycles. The van der Waals surface area contributed by atoms with Crippen LogP contribution >= 0.6 is 0 Å². The van der Waals surface area contributed by atoms with Crippen LogP contribution in [0.5, 0.6) is 0 Å². The van der Waals surface area contributed by atoms with Gasteiger partial charge in [0.15, 0.2) is 0 Å². The number of esters is 1. The molecule has 7 atom stereocenters. The van der Waals surface area contributed by atoms with E-state index < -0.39 is 12.1 Å². The Kier molecular flexibility index (Phi) is 6.15. The van der Waals surface area contributed by atoms with Gasteiger partial charge in [0, 0.05) is 12.1 Å². The first-order chi connectivity index (χ1) is 16.6. The SMILES string of the molecule is C=C1CCC2C3(C)CCC(c4cccc([N+](=O)[O-])c4)CC3CCC2(C)C1C/C=C1/C(=O)OCC1O. The van der Waals surface area contributed by atoms with Crippen LogP contribution in [0.1, 0.15) is 76.7 Å². The number of nitro groups is 1. The van der Waals surface area contributed by atoms with Crippen molar-refractivity contribution >= 4 is 11.7 Å². The van der Waals surface area contributed by atoms with Gasteiger partial charge in [-0.2, -0.15) is 0 Å². The van der Waals surface area contributed by atoms with Crippen LogP contribution < -0.4 is 0 Å². The Morgan fingerprint density at radius 3 is 2.71 bits per heavy atom. The van der Waals surface area contributed by atoms with Crippen LogP contribution in [0.25, 0.3) is 0 Å². The lowest BCUT2D eigenvalue weighted by molar-refractivity contribution is -0.384. The van der Waals surface area contributed by atoms with Gasteiger partial charge in [-0.3, -0.25) is 10.1 Å².